The first kappa shape index (κ1) is 12.7. The molecule has 2 N–H and O–H groups in total. The van der Waals surface area contributed by atoms with Crippen LogP contribution in [0.2, 0.25) is 0 Å². The van der Waals surface area contributed by atoms with E-state index < -0.39 is 11.6 Å². The Morgan fingerprint density at radius 1 is 1.38 bits per heavy atom. The highest BCUT2D eigenvalue weighted by Gasteiger charge is 2.15. The molecule has 16 heavy (non-hydrogen) atoms. The van der Waals surface area contributed by atoms with Crippen LogP contribution in [0.3, 0.4) is 0 Å². The lowest BCUT2D eigenvalue weighted by atomic mass is 9.95. The Labute approximate surface area is 95.7 Å². The summed E-state index contributed by atoms with van der Waals surface area (Å²) in [7, 11) is 0. The number of benzene rings is 1. The summed E-state index contributed by atoms with van der Waals surface area (Å²) in [6.07, 6.45) is 1.55. The molecule has 1 aromatic carbocycles. The molecule has 0 aromatic heterocycles. The second-order valence-electron chi connectivity index (χ2n) is 4.51. The minimum atomic E-state index is -0.844. The van der Waals surface area contributed by atoms with Gasteiger partial charge in [-0.3, -0.25) is 4.79 Å². The average Bonchev–Trinajstić information content (AvgIpc) is 2.16. The Hall–Kier alpha value is -1.35. The van der Waals surface area contributed by atoms with Crippen molar-refractivity contribution in [3.05, 3.63) is 35.4 Å². The highest BCUT2D eigenvalue weighted by molar-refractivity contribution is 5.66. The van der Waals surface area contributed by atoms with Gasteiger partial charge in [0.25, 0.3) is 0 Å². The zero-order valence-corrected chi connectivity index (χ0v) is 9.73. The van der Waals surface area contributed by atoms with Crippen LogP contribution in [-0.2, 0) is 16.8 Å². The number of carboxylic acids is 1. The molecule has 1 aromatic rings. The largest absolute Gasteiger partial charge is 0.481 e. The Kier molecular flexibility index (Phi) is 4.07. The fraction of sp³-hybridized carbons (Fsp3) is 0.462. The fourth-order valence-corrected chi connectivity index (χ4v) is 1.55. The Morgan fingerprint density at radius 3 is 2.62 bits per heavy atom. The maximum Gasteiger partial charge on any atom is 0.303 e. The molecule has 0 saturated heterocycles. The van der Waals surface area contributed by atoms with Crippen molar-refractivity contribution in [1.29, 1.82) is 0 Å². The van der Waals surface area contributed by atoms with Crippen LogP contribution in [0, 0.1) is 0 Å². The van der Waals surface area contributed by atoms with E-state index in [-0.39, 0.29) is 6.42 Å². The van der Waals surface area contributed by atoms with E-state index in [0.717, 1.165) is 17.5 Å². The molecule has 0 saturated carbocycles. The van der Waals surface area contributed by atoms with E-state index in [9.17, 15) is 9.90 Å². The number of hydrogen-bond donors (Lipinski definition) is 2. The maximum atomic E-state index is 10.4. The summed E-state index contributed by atoms with van der Waals surface area (Å²) in [6.45, 7) is 3.48. The van der Waals surface area contributed by atoms with Crippen LogP contribution in [0.5, 0.6) is 0 Å². The molecule has 0 radical (unpaired) electrons. The first-order chi connectivity index (χ1) is 7.39. The van der Waals surface area contributed by atoms with Gasteiger partial charge in [0.05, 0.1) is 5.60 Å². The fourth-order valence-electron chi connectivity index (χ4n) is 1.55. The molecule has 3 nitrogen and oxygen atoms in total. The maximum absolute atomic E-state index is 10.4. The first-order valence-corrected chi connectivity index (χ1v) is 5.43. The standard InChI is InChI=1S/C13H18O3/c1-13(2,16)11-7-3-5-10(9-11)6-4-8-12(14)15/h3,5,7,9,16H,4,6,8H2,1-2H3,(H,14,15). The normalized spacial score (nSPS) is 11.4. The van der Waals surface area contributed by atoms with Crippen LogP contribution in [0.15, 0.2) is 24.3 Å². The minimum Gasteiger partial charge on any atom is -0.481 e. The second kappa shape index (κ2) is 5.12. The smallest absolute Gasteiger partial charge is 0.303 e. The number of aryl methyl sites for hydroxylation is 1. The number of aliphatic hydroxyl groups is 1. The van der Waals surface area contributed by atoms with Gasteiger partial charge in [0, 0.05) is 6.42 Å². The molecule has 0 unspecified atom stereocenters. The van der Waals surface area contributed by atoms with E-state index in [1.807, 2.05) is 24.3 Å². The Balaban J connectivity index is 2.64. The average molecular weight is 222 g/mol. The Morgan fingerprint density at radius 2 is 2.06 bits per heavy atom. The number of rotatable bonds is 5. The van der Waals surface area contributed by atoms with Gasteiger partial charge in [-0.2, -0.15) is 0 Å². The molecular formula is C13H18O3. The van der Waals surface area contributed by atoms with Crippen molar-refractivity contribution >= 4 is 5.97 Å². The van der Waals surface area contributed by atoms with Gasteiger partial charge < -0.3 is 10.2 Å². The minimum absolute atomic E-state index is 0.187. The van der Waals surface area contributed by atoms with E-state index in [1.54, 1.807) is 13.8 Å². The van der Waals surface area contributed by atoms with E-state index in [4.69, 9.17) is 5.11 Å². The number of carbonyl (C=O) groups is 1. The molecule has 0 aliphatic heterocycles. The molecule has 88 valence electrons. The van der Waals surface area contributed by atoms with E-state index >= 15 is 0 Å². The molecule has 0 heterocycles. The molecule has 0 aliphatic carbocycles. The van der Waals surface area contributed by atoms with Crippen LogP contribution in [-0.4, -0.2) is 16.2 Å². The zero-order chi connectivity index (χ0) is 12.2. The van der Waals surface area contributed by atoms with E-state index in [1.165, 1.54) is 0 Å². The number of aliphatic carboxylic acids is 1. The van der Waals surface area contributed by atoms with Crippen molar-refractivity contribution < 1.29 is 15.0 Å². The SMILES string of the molecule is CC(C)(O)c1cccc(CCCC(=O)O)c1. The third kappa shape index (κ3) is 4.03. The summed E-state index contributed by atoms with van der Waals surface area (Å²) in [5.41, 5.74) is 1.09. The number of carboxylic acid groups (broad SMARTS) is 1. The molecule has 0 spiro atoms. The first-order valence-electron chi connectivity index (χ1n) is 5.43. The van der Waals surface area contributed by atoms with Crippen molar-refractivity contribution in [2.24, 2.45) is 0 Å². The van der Waals surface area contributed by atoms with E-state index in [0.29, 0.717) is 6.42 Å². The third-order valence-corrected chi connectivity index (χ3v) is 2.49. The quantitative estimate of drug-likeness (QED) is 0.803. The van der Waals surface area contributed by atoms with Crippen LogP contribution in [0.1, 0.15) is 37.8 Å². The van der Waals surface area contributed by atoms with Crippen molar-refractivity contribution in [3.8, 4) is 0 Å². The summed E-state index contributed by atoms with van der Waals surface area (Å²) in [6, 6.07) is 7.66. The molecule has 3 heteroatoms. The topological polar surface area (TPSA) is 57.5 Å². The lowest BCUT2D eigenvalue weighted by molar-refractivity contribution is -0.137. The molecule has 0 bridgehead atoms. The summed E-state index contributed by atoms with van der Waals surface area (Å²) >= 11 is 0. The van der Waals surface area contributed by atoms with Crippen molar-refractivity contribution in [3.63, 3.8) is 0 Å². The van der Waals surface area contributed by atoms with Crippen molar-refractivity contribution in [2.75, 3.05) is 0 Å². The van der Waals surface area contributed by atoms with Gasteiger partial charge in [-0.15, -0.1) is 0 Å². The molecule has 0 fully saturated rings. The van der Waals surface area contributed by atoms with Crippen LogP contribution in [0.25, 0.3) is 0 Å². The van der Waals surface area contributed by atoms with Crippen LogP contribution in [0.4, 0.5) is 0 Å². The highest BCUT2D eigenvalue weighted by Crippen LogP contribution is 2.21. The lowest BCUT2D eigenvalue weighted by Gasteiger charge is -2.18. The van der Waals surface area contributed by atoms with Crippen molar-refractivity contribution in [2.45, 2.75) is 38.7 Å². The third-order valence-electron chi connectivity index (χ3n) is 2.49. The predicted molar refractivity (Wildman–Crippen MR) is 62.3 cm³/mol. The second-order valence-corrected chi connectivity index (χ2v) is 4.51. The van der Waals surface area contributed by atoms with Gasteiger partial charge in [-0.05, 0) is 37.8 Å². The van der Waals surface area contributed by atoms with Crippen LogP contribution < -0.4 is 0 Å². The number of hydrogen-bond acceptors (Lipinski definition) is 2. The predicted octanol–water partition coefficient (Wildman–Crippen LogP) is 2.32. The Bertz CT molecular complexity index is 364. The monoisotopic (exact) mass is 222 g/mol. The van der Waals surface area contributed by atoms with E-state index in [2.05, 4.69) is 0 Å². The lowest BCUT2D eigenvalue weighted by Crippen LogP contribution is -2.15. The van der Waals surface area contributed by atoms with Crippen LogP contribution >= 0.6 is 0 Å². The highest BCUT2D eigenvalue weighted by atomic mass is 16.4. The molecular weight excluding hydrogens is 204 g/mol. The molecule has 0 atom stereocenters. The van der Waals surface area contributed by atoms with Gasteiger partial charge in [0.2, 0.25) is 0 Å². The summed E-state index contributed by atoms with van der Waals surface area (Å²) < 4.78 is 0. The molecule has 1 rings (SSSR count). The van der Waals surface area contributed by atoms with Crippen molar-refractivity contribution in [1.82, 2.24) is 0 Å². The van der Waals surface area contributed by atoms with Gasteiger partial charge in [-0.25, -0.2) is 0 Å². The molecule has 0 amide bonds. The van der Waals surface area contributed by atoms with Gasteiger partial charge in [-0.1, -0.05) is 24.3 Å². The molecule has 0 aliphatic rings. The summed E-state index contributed by atoms with van der Waals surface area (Å²) in [5, 5.41) is 18.4. The van der Waals surface area contributed by atoms with Gasteiger partial charge in [0.1, 0.15) is 0 Å². The summed E-state index contributed by atoms with van der Waals surface area (Å²) in [4.78, 5) is 10.4. The van der Waals surface area contributed by atoms with Gasteiger partial charge >= 0.3 is 5.97 Å². The summed E-state index contributed by atoms with van der Waals surface area (Å²) in [5.74, 6) is -0.765. The van der Waals surface area contributed by atoms with Gasteiger partial charge in [0.15, 0.2) is 0 Å². The zero-order valence-electron chi connectivity index (χ0n) is 9.73.